The van der Waals surface area contributed by atoms with Gasteiger partial charge < -0.3 is 20.4 Å². The summed E-state index contributed by atoms with van der Waals surface area (Å²) in [6.45, 7) is 7.41. The minimum atomic E-state index is -0.140. The summed E-state index contributed by atoms with van der Waals surface area (Å²) in [5.41, 5.74) is 0. The van der Waals surface area contributed by atoms with Crippen LogP contribution in [0.4, 0.5) is 0 Å². The van der Waals surface area contributed by atoms with Crippen molar-refractivity contribution in [3.63, 3.8) is 0 Å². The van der Waals surface area contributed by atoms with Gasteiger partial charge in [-0.15, -0.1) is 0 Å². The minimum absolute atomic E-state index is 0.0907. The van der Waals surface area contributed by atoms with Crippen LogP contribution in [0.2, 0.25) is 0 Å². The van der Waals surface area contributed by atoms with E-state index in [-0.39, 0.29) is 30.6 Å². The van der Waals surface area contributed by atoms with E-state index in [4.69, 9.17) is 0 Å². The van der Waals surface area contributed by atoms with Gasteiger partial charge in [0.05, 0.1) is 0 Å². The van der Waals surface area contributed by atoms with Crippen LogP contribution in [0.1, 0.15) is 123 Å². The molecule has 2 N–H and O–H groups in total. The number of amides is 3. The van der Waals surface area contributed by atoms with Crippen molar-refractivity contribution in [3.05, 3.63) is 0 Å². The highest BCUT2D eigenvalue weighted by Gasteiger charge is 2.12. The normalized spacial score (nSPS) is 11.0. The van der Waals surface area contributed by atoms with Gasteiger partial charge in [0.25, 0.3) is 0 Å². The van der Waals surface area contributed by atoms with Crippen LogP contribution in [0.15, 0.2) is 0 Å². The first-order valence-corrected chi connectivity index (χ1v) is 14.9. The predicted octanol–water partition coefficient (Wildman–Crippen LogP) is 5.28. The lowest BCUT2D eigenvalue weighted by atomic mass is 10.0. The van der Waals surface area contributed by atoms with Crippen LogP contribution in [0.5, 0.6) is 0 Å². The van der Waals surface area contributed by atoms with Gasteiger partial charge in [-0.05, 0) is 40.4 Å². The molecule has 0 spiro atoms. The van der Waals surface area contributed by atoms with Crippen LogP contribution in [0, 0.1) is 0 Å². The van der Waals surface area contributed by atoms with E-state index in [1.165, 1.54) is 70.6 Å². The molecule has 0 aromatic heterocycles. The number of rotatable bonds is 25. The number of carbonyl (C=O) groups is 3. The second-order valence-corrected chi connectivity index (χ2v) is 10.3. The maximum absolute atomic E-state index is 12.5. The van der Waals surface area contributed by atoms with Crippen LogP contribution in [-0.4, -0.2) is 74.3 Å². The number of likely N-dealkylation sites (N-methyl/N-ethyl adjacent to an activating group) is 1. The quantitative estimate of drug-likeness (QED) is 0.164. The Balaban J connectivity index is 3.69. The first-order valence-electron chi connectivity index (χ1n) is 14.9. The van der Waals surface area contributed by atoms with Crippen molar-refractivity contribution in [3.8, 4) is 0 Å². The third kappa shape index (κ3) is 22.8. The van der Waals surface area contributed by atoms with E-state index in [2.05, 4.69) is 22.5 Å². The third-order valence-electron chi connectivity index (χ3n) is 6.62. The van der Waals surface area contributed by atoms with Gasteiger partial charge in [0.2, 0.25) is 17.7 Å². The molecule has 0 rings (SSSR count). The smallest absolute Gasteiger partial charge is 0.222 e. The summed E-state index contributed by atoms with van der Waals surface area (Å²) in [7, 11) is 4.00. The Morgan fingerprint density at radius 1 is 0.556 bits per heavy atom. The molecule has 7 heteroatoms. The molecule has 7 nitrogen and oxygen atoms in total. The molecule has 0 saturated carbocycles. The summed E-state index contributed by atoms with van der Waals surface area (Å²) in [6.07, 6.45) is 18.8. The SMILES string of the molecule is CCCCCCCCCCCCCCCC(=O)N(CC)CCNC(=O)CCC(=O)NCCCN(C)C. The summed E-state index contributed by atoms with van der Waals surface area (Å²) < 4.78 is 0. The monoisotopic (exact) mass is 510 g/mol. The zero-order chi connectivity index (χ0) is 26.9. The molecule has 0 saturated heterocycles. The zero-order valence-electron chi connectivity index (χ0n) is 24.2. The van der Waals surface area contributed by atoms with E-state index in [1.807, 2.05) is 25.9 Å². The van der Waals surface area contributed by atoms with E-state index >= 15 is 0 Å². The van der Waals surface area contributed by atoms with Gasteiger partial charge in [0.1, 0.15) is 0 Å². The molecular formula is C29H58N4O3. The van der Waals surface area contributed by atoms with E-state index < -0.39 is 0 Å². The maximum Gasteiger partial charge on any atom is 0.222 e. The Labute approximate surface area is 222 Å². The lowest BCUT2D eigenvalue weighted by Gasteiger charge is -2.21. The highest BCUT2D eigenvalue weighted by Crippen LogP contribution is 2.13. The van der Waals surface area contributed by atoms with Gasteiger partial charge in [0.15, 0.2) is 0 Å². The first-order chi connectivity index (χ1) is 17.4. The zero-order valence-corrected chi connectivity index (χ0v) is 24.2. The van der Waals surface area contributed by atoms with Crippen LogP contribution >= 0.6 is 0 Å². The maximum atomic E-state index is 12.5. The molecule has 0 radical (unpaired) electrons. The molecule has 0 atom stereocenters. The second kappa shape index (κ2) is 25.0. The van der Waals surface area contributed by atoms with Gasteiger partial charge >= 0.3 is 0 Å². The predicted molar refractivity (Wildman–Crippen MR) is 151 cm³/mol. The minimum Gasteiger partial charge on any atom is -0.356 e. The number of unbranched alkanes of at least 4 members (excludes halogenated alkanes) is 12. The molecule has 0 aliphatic heterocycles. The van der Waals surface area contributed by atoms with Crippen LogP contribution < -0.4 is 10.6 Å². The van der Waals surface area contributed by atoms with E-state index in [1.54, 1.807) is 0 Å². The molecule has 0 aromatic carbocycles. The molecule has 212 valence electrons. The van der Waals surface area contributed by atoms with Crippen molar-refractivity contribution in [1.29, 1.82) is 0 Å². The summed E-state index contributed by atoms with van der Waals surface area (Å²) >= 11 is 0. The van der Waals surface area contributed by atoms with Gasteiger partial charge in [-0.3, -0.25) is 14.4 Å². The van der Waals surface area contributed by atoms with Crippen molar-refractivity contribution < 1.29 is 14.4 Å². The van der Waals surface area contributed by atoms with Crippen molar-refractivity contribution in [2.45, 2.75) is 123 Å². The summed E-state index contributed by atoms with van der Waals surface area (Å²) in [4.78, 5) is 40.2. The average molecular weight is 511 g/mol. The molecule has 0 aromatic rings. The Kier molecular flexibility index (Phi) is 23.9. The van der Waals surface area contributed by atoms with Gasteiger partial charge in [-0.25, -0.2) is 0 Å². The van der Waals surface area contributed by atoms with Crippen molar-refractivity contribution in [1.82, 2.24) is 20.4 Å². The molecular weight excluding hydrogens is 452 g/mol. The number of nitrogens with zero attached hydrogens (tertiary/aromatic N) is 2. The van der Waals surface area contributed by atoms with Gasteiger partial charge in [-0.1, -0.05) is 84.0 Å². The van der Waals surface area contributed by atoms with Crippen LogP contribution in [0.25, 0.3) is 0 Å². The number of carbonyl (C=O) groups excluding carboxylic acids is 3. The van der Waals surface area contributed by atoms with Crippen molar-refractivity contribution >= 4 is 17.7 Å². The number of nitrogens with one attached hydrogen (secondary N) is 2. The van der Waals surface area contributed by atoms with Crippen LogP contribution in [-0.2, 0) is 14.4 Å². The molecule has 0 fully saturated rings. The topological polar surface area (TPSA) is 81.8 Å². The molecule has 3 amide bonds. The Bertz CT molecular complexity index is 555. The molecule has 0 aliphatic rings. The average Bonchev–Trinajstić information content (AvgIpc) is 2.85. The molecule has 0 bridgehead atoms. The lowest BCUT2D eigenvalue weighted by Crippen LogP contribution is -2.38. The molecule has 0 unspecified atom stereocenters. The highest BCUT2D eigenvalue weighted by atomic mass is 16.2. The Morgan fingerprint density at radius 2 is 1.03 bits per heavy atom. The fourth-order valence-electron chi connectivity index (χ4n) is 4.27. The second-order valence-electron chi connectivity index (χ2n) is 10.3. The molecule has 0 aliphatic carbocycles. The Hall–Kier alpha value is -1.63. The van der Waals surface area contributed by atoms with Crippen LogP contribution in [0.3, 0.4) is 0 Å². The van der Waals surface area contributed by atoms with E-state index in [0.717, 1.165) is 25.8 Å². The fourth-order valence-corrected chi connectivity index (χ4v) is 4.27. The molecule has 36 heavy (non-hydrogen) atoms. The standard InChI is InChI=1S/C29H58N4O3/c1-5-7-8-9-10-11-12-13-14-15-16-17-18-20-29(36)33(6-2)26-24-31-28(35)22-21-27(34)30-23-19-25-32(3)4/h5-26H2,1-4H3,(H,30,34)(H,31,35). The van der Waals surface area contributed by atoms with Crippen molar-refractivity contribution in [2.24, 2.45) is 0 Å². The largest absolute Gasteiger partial charge is 0.356 e. The van der Waals surface area contributed by atoms with Crippen molar-refractivity contribution in [2.75, 3.05) is 46.8 Å². The van der Waals surface area contributed by atoms with E-state index in [0.29, 0.717) is 32.6 Å². The van der Waals surface area contributed by atoms with Gasteiger partial charge in [-0.2, -0.15) is 0 Å². The fraction of sp³-hybridized carbons (Fsp3) is 0.897. The summed E-state index contributed by atoms with van der Waals surface area (Å²) in [5, 5.41) is 5.68. The Morgan fingerprint density at radius 3 is 1.50 bits per heavy atom. The first kappa shape index (κ1) is 34.4. The van der Waals surface area contributed by atoms with Gasteiger partial charge in [0, 0.05) is 45.4 Å². The number of hydrogen-bond acceptors (Lipinski definition) is 4. The lowest BCUT2D eigenvalue weighted by molar-refractivity contribution is -0.131. The third-order valence-corrected chi connectivity index (χ3v) is 6.62. The number of hydrogen-bond donors (Lipinski definition) is 2. The van der Waals surface area contributed by atoms with E-state index in [9.17, 15) is 14.4 Å². The summed E-state index contributed by atoms with van der Waals surface area (Å²) in [6, 6.07) is 0. The molecule has 0 heterocycles. The summed E-state index contributed by atoms with van der Waals surface area (Å²) in [5.74, 6) is -0.0579. The highest BCUT2D eigenvalue weighted by molar-refractivity contribution is 5.83.